The standard InChI is InChI=1S/C35H53N7O2SSi/c1-24-21-27(15-16-28(24)26-17-19-41(7)20-18-26)37-33-36-22-29-32(39-33)42(31-14-12-13-30(38-31)40-45(8,9)43)25(2)35(29,6)23-44-46(10,11)34(3,4)5/h12-16,21-22,25-26H,17-20,23H2,1-11H3,(H,36,37,39)/t25-,35-/m0/s1. The van der Waals surface area contributed by atoms with Gasteiger partial charge in [0.2, 0.25) is 5.95 Å². The van der Waals surface area contributed by atoms with Crippen molar-refractivity contribution < 1.29 is 8.63 Å². The molecular weight excluding hydrogens is 611 g/mol. The zero-order valence-corrected chi connectivity index (χ0v) is 31.5. The van der Waals surface area contributed by atoms with Crippen LogP contribution in [0.2, 0.25) is 18.1 Å². The van der Waals surface area contributed by atoms with Crippen LogP contribution in [0.15, 0.2) is 47.0 Å². The lowest BCUT2D eigenvalue weighted by molar-refractivity contribution is 0.197. The van der Waals surface area contributed by atoms with Gasteiger partial charge in [-0.05, 0) is 106 Å². The second kappa shape index (κ2) is 12.6. The molecule has 0 bridgehead atoms. The molecule has 2 aromatic heterocycles. The predicted molar refractivity (Wildman–Crippen MR) is 194 cm³/mol. The number of pyridine rings is 1. The lowest BCUT2D eigenvalue weighted by Crippen LogP contribution is -2.48. The lowest BCUT2D eigenvalue weighted by Gasteiger charge is -2.40. The SMILES string of the molecule is Cc1cc(Nc2ncc3c(n2)N(c2cccc(N=S(C)(C)=O)n2)[C@@H](C)[C@]3(C)CO[Si](C)(C)C(C)(C)C)ccc1C1CCN(C)CC1. The van der Waals surface area contributed by atoms with E-state index in [-0.39, 0.29) is 11.1 Å². The summed E-state index contributed by atoms with van der Waals surface area (Å²) in [7, 11) is -2.20. The number of benzene rings is 1. The number of aryl methyl sites for hydroxylation is 1. The number of nitrogens with one attached hydrogen (secondary N) is 1. The Bertz CT molecular complexity index is 1700. The first-order chi connectivity index (χ1) is 21.4. The second-order valence-corrected chi connectivity index (χ2v) is 22.7. The van der Waals surface area contributed by atoms with Crippen molar-refractivity contribution in [2.24, 2.45) is 4.36 Å². The van der Waals surface area contributed by atoms with Gasteiger partial charge >= 0.3 is 0 Å². The van der Waals surface area contributed by atoms with E-state index in [1.54, 1.807) is 18.6 Å². The minimum Gasteiger partial charge on any atom is -0.416 e. The number of anilines is 4. The predicted octanol–water partition coefficient (Wildman–Crippen LogP) is 7.91. The molecule has 2 aliphatic heterocycles. The number of hydrogen-bond donors (Lipinski definition) is 1. The second-order valence-electron chi connectivity index (χ2n) is 15.3. The third-order valence-corrected chi connectivity index (χ3v) is 15.5. The average molecular weight is 664 g/mol. The molecule has 4 heterocycles. The maximum absolute atomic E-state index is 12.5. The summed E-state index contributed by atoms with van der Waals surface area (Å²) in [6.45, 7) is 20.8. The van der Waals surface area contributed by atoms with Gasteiger partial charge in [-0.3, -0.25) is 0 Å². The highest BCUT2D eigenvalue weighted by Crippen LogP contribution is 2.49. The molecule has 0 unspecified atom stereocenters. The van der Waals surface area contributed by atoms with Crippen LogP contribution in [0, 0.1) is 6.92 Å². The first-order valence-electron chi connectivity index (χ1n) is 16.4. The molecule has 46 heavy (non-hydrogen) atoms. The molecule has 0 amide bonds. The maximum atomic E-state index is 12.5. The van der Waals surface area contributed by atoms with Crippen LogP contribution in [0.5, 0.6) is 0 Å². The maximum Gasteiger partial charge on any atom is 0.229 e. The lowest BCUT2D eigenvalue weighted by atomic mass is 9.81. The van der Waals surface area contributed by atoms with Gasteiger partial charge in [-0.2, -0.15) is 9.35 Å². The summed E-state index contributed by atoms with van der Waals surface area (Å²) >= 11 is 0. The molecular formula is C35H53N7O2SSi. The molecule has 1 N–H and O–H groups in total. The number of nitrogens with zero attached hydrogens (tertiary/aromatic N) is 6. The minimum absolute atomic E-state index is 0.0387. The Morgan fingerprint density at radius 3 is 2.46 bits per heavy atom. The molecule has 0 spiro atoms. The van der Waals surface area contributed by atoms with Crippen LogP contribution in [0.3, 0.4) is 0 Å². The van der Waals surface area contributed by atoms with Gasteiger partial charge in [-0.15, -0.1) is 0 Å². The van der Waals surface area contributed by atoms with Crippen molar-refractivity contribution in [1.29, 1.82) is 0 Å². The molecule has 9 nitrogen and oxygen atoms in total. The van der Waals surface area contributed by atoms with Gasteiger partial charge in [-0.25, -0.2) is 14.2 Å². The zero-order chi connectivity index (χ0) is 33.7. The summed E-state index contributed by atoms with van der Waals surface area (Å²) < 4.78 is 23.8. The van der Waals surface area contributed by atoms with Crippen molar-refractivity contribution in [3.8, 4) is 0 Å². The van der Waals surface area contributed by atoms with Gasteiger partial charge in [0.15, 0.2) is 14.1 Å². The highest BCUT2D eigenvalue weighted by molar-refractivity contribution is 7.92. The van der Waals surface area contributed by atoms with Gasteiger partial charge in [0.1, 0.15) is 11.6 Å². The zero-order valence-electron chi connectivity index (χ0n) is 29.6. The Hall–Kier alpha value is -2.86. The number of aromatic nitrogens is 3. The number of fused-ring (bicyclic) bond motifs is 1. The number of hydrogen-bond acceptors (Lipinski definition) is 9. The molecule has 250 valence electrons. The van der Waals surface area contributed by atoms with E-state index in [1.165, 1.54) is 24.0 Å². The van der Waals surface area contributed by atoms with Crippen LogP contribution in [0.1, 0.15) is 70.1 Å². The van der Waals surface area contributed by atoms with Crippen molar-refractivity contribution >= 4 is 47.1 Å². The van der Waals surface area contributed by atoms with E-state index in [4.69, 9.17) is 19.4 Å². The molecule has 11 heteroatoms. The Kier molecular flexibility index (Phi) is 9.46. The normalized spacial score (nSPS) is 21.4. The van der Waals surface area contributed by atoms with E-state index in [2.05, 4.69) is 99.4 Å². The van der Waals surface area contributed by atoms with Crippen LogP contribution in [-0.4, -0.2) is 77.7 Å². The largest absolute Gasteiger partial charge is 0.416 e. The Morgan fingerprint density at radius 2 is 1.83 bits per heavy atom. The molecule has 2 aliphatic rings. The summed E-state index contributed by atoms with van der Waals surface area (Å²) in [6.07, 6.45) is 7.59. The smallest absolute Gasteiger partial charge is 0.229 e. The summed E-state index contributed by atoms with van der Waals surface area (Å²) in [6, 6.07) is 12.3. The van der Waals surface area contributed by atoms with Crippen molar-refractivity contribution in [3.63, 3.8) is 0 Å². The summed E-state index contributed by atoms with van der Waals surface area (Å²) in [5.41, 5.74) is 4.32. The summed E-state index contributed by atoms with van der Waals surface area (Å²) in [5.74, 6) is 3.08. The van der Waals surface area contributed by atoms with Crippen LogP contribution < -0.4 is 10.2 Å². The fourth-order valence-corrected chi connectivity index (χ4v) is 7.89. The van der Waals surface area contributed by atoms with E-state index in [0.717, 1.165) is 30.2 Å². The molecule has 0 saturated carbocycles. The van der Waals surface area contributed by atoms with Crippen LogP contribution in [0.25, 0.3) is 0 Å². The van der Waals surface area contributed by atoms with Gasteiger partial charge < -0.3 is 19.5 Å². The average Bonchev–Trinajstić information content (AvgIpc) is 3.17. The highest BCUT2D eigenvalue weighted by Gasteiger charge is 2.50. The molecule has 0 aliphatic carbocycles. The molecule has 1 fully saturated rings. The van der Waals surface area contributed by atoms with Gasteiger partial charge in [0.05, 0.1) is 0 Å². The Balaban J connectivity index is 1.51. The fraction of sp³-hybridized carbons (Fsp3) is 0.571. The van der Waals surface area contributed by atoms with Crippen molar-refractivity contribution in [1.82, 2.24) is 19.9 Å². The third kappa shape index (κ3) is 7.17. The van der Waals surface area contributed by atoms with E-state index < -0.39 is 23.5 Å². The van der Waals surface area contributed by atoms with E-state index in [1.807, 2.05) is 18.3 Å². The molecule has 1 saturated heterocycles. The van der Waals surface area contributed by atoms with E-state index >= 15 is 0 Å². The first kappa shape index (κ1) is 34.5. The van der Waals surface area contributed by atoms with Crippen LogP contribution in [-0.2, 0) is 19.6 Å². The number of likely N-dealkylation sites (tertiary alicyclic amines) is 1. The molecule has 0 radical (unpaired) electrons. The van der Waals surface area contributed by atoms with Gasteiger partial charge in [0, 0.05) is 57.8 Å². The van der Waals surface area contributed by atoms with E-state index in [9.17, 15) is 4.21 Å². The summed E-state index contributed by atoms with van der Waals surface area (Å²) in [4.78, 5) is 19.4. The fourth-order valence-electron chi connectivity index (χ4n) is 6.25. The summed E-state index contributed by atoms with van der Waals surface area (Å²) in [5, 5.41) is 3.57. The first-order valence-corrected chi connectivity index (χ1v) is 21.6. The highest BCUT2D eigenvalue weighted by atomic mass is 32.2. The van der Waals surface area contributed by atoms with Crippen LogP contribution in [0.4, 0.5) is 29.1 Å². The molecule has 5 rings (SSSR count). The molecule has 2 atom stereocenters. The van der Waals surface area contributed by atoms with Crippen molar-refractivity contribution in [2.75, 3.05) is 49.5 Å². The topological polar surface area (TPSA) is 95.8 Å². The monoisotopic (exact) mass is 663 g/mol. The van der Waals surface area contributed by atoms with Gasteiger partial charge in [-0.1, -0.05) is 39.8 Å². The Morgan fingerprint density at radius 1 is 1.13 bits per heavy atom. The van der Waals surface area contributed by atoms with E-state index in [0.29, 0.717) is 30.1 Å². The van der Waals surface area contributed by atoms with Crippen LogP contribution >= 0.6 is 0 Å². The minimum atomic E-state index is -2.37. The molecule has 1 aromatic carbocycles. The van der Waals surface area contributed by atoms with Crippen molar-refractivity contribution in [3.05, 3.63) is 59.3 Å². The quantitative estimate of drug-likeness (QED) is 0.243. The molecule has 3 aromatic rings. The number of piperidine rings is 1. The third-order valence-electron chi connectivity index (χ3n) is 10.4. The number of rotatable bonds is 8. The van der Waals surface area contributed by atoms with Crippen molar-refractivity contribution in [2.45, 2.75) is 89.9 Å². The van der Waals surface area contributed by atoms with Gasteiger partial charge in [0.25, 0.3) is 0 Å². The Labute approximate surface area is 277 Å².